The predicted octanol–water partition coefficient (Wildman–Crippen LogP) is 1.37. The molecule has 2 nitrogen and oxygen atoms in total. The first-order valence-corrected chi connectivity index (χ1v) is 4.71. The maximum absolute atomic E-state index is 5.20. The molecule has 0 aromatic heterocycles. The van der Waals surface area contributed by atoms with Gasteiger partial charge in [0.25, 0.3) is 0 Å². The molecule has 0 bridgehead atoms. The lowest BCUT2D eigenvalue weighted by Crippen LogP contribution is -2.41. The van der Waals surface area contributed by atoms with Gasteiger partial charge >= 0.3 is 0 Å². The largest absolute Gasteiger partial charge is 0.363 e. The average molecular weight is 172 g/mol. The van der Waals surface area contributed by atoms with Crippen LogP contribution in [-0.2, 0) is 0 Å². The van der Waals surface area contributed by atoms with E-state index in [9.17, 15) is 0 Å². The van der Waals surface area contributed by atoms with Crippen LogP contribution >= 0.6 is 12.2 Å². The summed E-state index contributed by atoms with van der Waals surface area (Å²) in [6.07, 6.45) is 2.57. The molecule has 0 saturated carbocycles. The Labute approximate surface area is 74.0 Å². The number of nitrogens with zero attached hydrogens (tertiary/aromatic N) is 1. The van der Waals surface area contributed by atoms with Crippen molar-refractivity contribution in [3.05, 3.63) is 0 Å². The van der Waals surface area contributed by atoms with Crippen LogP contribution in [0.2, 0.25) is 0 Å². The van der Waals surface area contributed by atoms with E-state index in [0.29, 0.717) is 6.04 Å². The maximum Gasteiger partial charge on any atom is 0.169 e. The first-order chi connectivity index (χ1) is 5.25. The summed E-state index contributed by atoms with van der Waals surface area (Å²) in [4.78, 5) is 2.28. The van der Waals surface area contributed by atoms with Crippen molar-refractivity contribution in [1.29, 1.82) is 0 Å². The SMILES string of the molecule is CCNC(=S)N1CCCC1C. The second kappa shape index (κ2) is 3.90. The fourth-order valence-corrected chi connectivity index (χ4v) is 1.90. The Balaban J connectivity index is 2.39. The Morgan fingerprint density at radius 2 is 2.45 bits per heavy atom. The van der Waals surface area contributed by atoms with Gasteiger partial charge in [-0.25, -0.2) is 0 Å². The number of nitrogens with one attached hydrogen (secondary N) is 1. The molecule has 0 radical (unpaired) electrons. The van der Waals surface area contributed by atoms with E-state index >= 15 is 0 Å². The molecule has 64 valence electrons. The first-order valence-electron chi connectivity index (χ1n) is 4.30. The minimum Gasteiger partial charge on any atom is -0.363 e. The summed E-state index contributed by atoms with van der Waals surface area (Å²) in [5.74, 6) is 0. The number of thiocarbonyl (C=S) groups is 1. The van der Waals surface area contributed by atoms with Crippen LogP contribution in [0.25, 0.3) is 0 Å². The van der Waals surface area contributed by atoms with Crippen LogP contribution in [0, 0.1) is 0 Å². The molecule has 11 heavy (non-hydrogen) atoms. The monoisotopic (exact) mass is 172 g/mol. The van der Waals surface area contributed by atoms with Gasteiger partial charge in [-0.15, -0.1) is 0 Å². The molecular weight excluding hydrogens is 156 g/mol. The molecule has 1 N–H and O–H groups in total. The highest BCUT2D eigenvalue weighted by atomic mass is 32.1. The minimum absolute atomic E-state index is 0.640. The van der Waals surface area contributed by atoms with Gasteiger partial charge in [-0.05, 0) is 38.9 Å². The van der Waals surface area contributed by atoms with Gasteiger partial charge in [0.05, 0.1) is 0 Å². The molecule has 1 aliphatic heterocycles. The molecule has 1 saturated heterocycles. The zero-order valence-corrected chi connectivity index (χ0v) is 8.08. The molecule has 0 aromatic carbocycles. The third-order valence-corrected chi connectivity index (χ3v) is 2.52. The predicted molar refractivity (Wildman–Crippen MR) is 51.7 cm³/mol. The van der Waals surface area contributed by atoms with Crippen LogP contribution in [0.1, 0.15) is 26.7 Å². The van der Waals surface area contributed by atoms with E-state index in [4.69, 9.17) is 12.2 Å². The number of rotatable bonds is 1. The molecular formula is C8H16N2S. The lowest BCUT2D eigenvalue weighted by molar-refractivity contribution is 0.408. The number of hydrogen-bond acceptors (Lipinski definition) is 1. The van der Waals surface area contributed by atoms with Gasteiger partial charge in [0.15, 0.2) is 5.11 Å². The molecule has 0 aliphatic carbocycles. The Hall–Kier alpha value is -0.310. The Bertz CT molecular complexity index is 147. The summed E-state index contributed by atoms with van der Waals surface area (Å²) in [6.45, 7) is 6.37. The fourth-order valence-electron chi connectivity index (χ4n) is 1.49. The van der Waals surface area contributed by atoms with Crippen molar-refractivity contribution in [2.24, 2.45) is 0 Å². The van der Waals surface area contributed by atoms with E-state index in [-0.39, 0.29) is 0 Å². The summed E-state index contributed by atoms with van der Waals surface area (Å²) >= 11 is 5.20. The van der Waals surface area contributed by atoms with Crippen molar-refractivity contribution in [1.82, 2.24) is 10.2 Å². The van der Waals surface area contributed by atoms with E-state index in [1.165, 1.54) is 12.8 Å². The Morgan fingerprint density at radius 1 is 1.73 bits per heavy atom. The highest BCUT2D eigenvalue weighted by molar-refractivity contribution is 7.80. The van der Waals surface area contributed by atoms with Crippen molar-refractivity contribution < 1.29 is 0 Å². The van der Waals surface area contributed by atoms with Gasteiger partial charge in [0, 0.05) is 19.1 Å². The zero-order valence-electron chi connectivity index (χ0n) is 7.26. The highest BCUT2D eigenvalue weighted by Crippen LogP contribution is 2.15. The number of hydrogen-bond donors (Lipinski definition) is 1. The molecule has 1 unspecified atom stereocenters. The van der Waals surface area contributed by atoms with Crippen LogP contribution in [-0.4, -0.2) is 29.1 Å². The lowest BCUT2D eigenvalue weighted by atomic mass is 10.2. The van der Waals surface area contributed by atoms with Crippen molar-refractivity contribution >= 4 is 17.3 Å². The normalized spacial score (nSPS) is 23.8. The topological polar surface area (TPSA) is 15.3 Å². The summed E-state index contributed by atoms with van der Waals surface area (Å²) in [5, 5.41) is 4.10. The molecule has 0 aromatic rings. The van der Waals surface area contributed by atoms with Gasteiger partial charge in [-0.3, -0.25) is 0 Å². The summed E-state index contributed by atoms with van der Waals surface area (Å²) in [7, 11) is 0. The molecule has 1 fully saturated rings. The van der Waals surface area contributed by atoms with Crippen molar-refractivity contribution in [2.45, 2.75) is 32.7 Å². The summed E-state index contributed by atoms with van der Waals surface area (Å²) in [5.41, 5.74) is 0. The van der Waals surface area contributed by atoms with E-state index in [1.807, 2.05) is 0 Å². The van der Waals surface area contributed by atoms with Crippen LogP contribution in [0.4, 0.5) is 0 Å². The van der Waals surface area contributed by atoms with E-state index < -0.39 is 0 Å². The fraction of sp³-hybridized carbons (Fsp3) is 0.875. The van der Waals surface area contributed by atoms with Gasteiger partial charge in [-0.2, -0.15) is 0 Å². The third kappa shape index (κ3) is 2.06. The van der Waals surface area contributed by atoms with Crippen molar-refractivity contribution in [3.63, 3.8) is 0 Å². The van der Waals surface area contributed by atoms with Crippen molar-refractivity contribution in [3.8, 4) is 0 Å². The standard InChI is InChI=1S/C8H16N2S/c1-3-9-8(11)10-6-4-5-7(10)2/h7H,3-6H2,1-2H3,(H,9,11). The molecule has 1 rings (SSSR count). The van der Waals surface area contributed by atoms with Gasteiger partial charge in [0.2, 0.25) is 0 Å². The third-order valence-electron chi connectivity index (χ3n) is 2.14. The van der Waals surface area contributed by atoms with Gasteiger partial charge < -0.3 is 10.2 Å². The quantitative estimate of drug-likeness (QED) is 0.601. The minimum atomic E-state index is 0.640. The zero-order chi connectivity index (χ0) is 8.27. The highest BCUT2D eigenvalue weighted by Gasteiger charge is 2.21. The van der Waals surface area contributed by atoms with Crippen LogP contribution in [0.15, 0.2) is 0 Å². The molecule has 1 atom stereocenters. The summed E-state index contributed by atoms with van der Waals surface area (Å²) in [6, 6.07) is 0.640. The average Bonchev–Trinajstić information content (AvgIpc) is 2.36. The maximum atomic E-state index is 5.20. The Kier molecular flexibility index (Phi) is 3.12. The molecule has 3 heteroatoms. The second-order valence-electron chi connectivity index (χ2n) is 3.02. The molecule has 1 aliphatic rings. The second-order valence-corrected chi connectivity index (χ2v) is 3.41. The smallest absolute Gasteiger partial charge is 0.169 e. The molecule has 0 amide bonds. The van der Waals surface area contributed by atoms with Crippen LogP contribution < -0.4 is 5.32 Å². The van der Waals surface area contributed by atoms with E-state index in [0.717, 1.165) is 18.2 Å². The van der Waals surface area contributed by atoms with Crippen LogP contribution in [0.5, 0.6) is 0 Å². The van der Waals surface area contributed by atoms with Crippen LogP contribution in [0.3, 0.4) is 0 Å². The van der Waals surface area contributed by atoms with E-state index in [2.05, 4.69) is 24.1 Å². The number of likely N-dealkylation sites (tertiary alicyclic amines) is 1. The molecule has 0 spiro atoms. The van der Waals surface area contributed by atoms with Gasteiger partial charge in [-0.1, -0.05) is 0 Å². The lowest BCUT2D eigenvalue weighted by Gasteiger charge is -2.24. The van der Waals surface area contributed by atoms with E-state index in [1.54, 1.807) is 0 Å². The van der Waals surface area contributed by atoms with Crippen molar-refractivity contribution in [2.75, 3.05) is 13.1 Å². The first kappa shape index (κ1) is 8.78. The Morgan fingerprint density at radius 3 is 2.91 bits per heavy atom. The van der Waals surface area contributed by atoms with Gasteiger partial charge in [0.1, 0.15) is 0 Å². The summed E-state index contributed by atoms with van der Waals surface area (Å²) < 4.78 is 0. The molecule has 1 heterocycles.